The number of likely N-dealkylation sites (tertiary alicyclic amines) is 1. The number of rotatable bonds is 5. The topological polar surface area (TPSA) is 91.0 Å². The van der Waals surface area contributed by atoms with Gasteiger partial charge in [0.2, 0.25) is 0 Å². The zero-order chi connectivity index (χ0) is 23.6. The molecule has 1 spiro atoms. The fourth-order valence-corrected chi connectivity index (χ4v) is 3.75. The van der Waals surface area contributed by atoms with E-state index < -0.39 is 24.1 Å². The average molecular weight is 462 g/mol. The second-order valence-electron chi connectivity index (χ2n) is 8.10. The van der Waals surface area contributed by atoms with Crippen molar-refractivity contribution in [1.82, 2.24) is 15.8 Å². The van der Waals surface area contributed by atoms with E-state index >= 15 is 0 Å². The SMILES string of the molecule is O=C(NNC(=O)C(F)F)c1ccc(CN(C(=O)N2CC3(COC3)C2)c2ccccc2)c(F)c1. The van der Waals surface area contributed by atoms with Crippen molar-refractivity contribution in [1.29, 1.82) is 0 Å². The molecule has 2 saturated heterocycles. The molecular weight excluding hydrogens is 441 g/mol. The lowest BCUT2D eigenvalue weighted by atomic mass is 9.78. The van der Waals surface area contributed by atoms with Gasteiger partial charge in [-0.2, -0.15) is 8.78 Å². The summed E-state index contributed by atoms with van der Waals surface area (Å²) in [7, 11) is 0. The van der Waals surface area contributed by atoms with Crippen molar-refractivity contribution in [3.63, 3.8) is 0 Å². The molecule has 0 atom stereocenters. The molecule has 2 aromatic carbocycles. The maximum Gasteiger partial charge on any atom is 0.324 e. The Morgan fingerprint density at radius 1 is 1.06 bits per heavy atom. The molecule has 2 heterocycles. The van der Waals surface area contributed by atoms with E-state index in [1.807, 2.05) is 0 Å². The summed E-state index contributed by atoms with van der Waals surface area (Å²) in [5, 5.41) is 0. The first kappa shape index (κ1) is 22.6. The Morgan fingerprint density at radius 3 is 2.33 bits per heavy atom. The fraction of sp³-hybridized carbons (Fsp3) is 0.318. The zero-order valence-corrected chi connectivity index (χ0v) is 17.4. The molecule has 33 heavy (non-hydrogen) atoms. The lowest BCUT2D eigenvalue weighted by Crippen LogP contribution is -2.68. The Balaban J connectivity index is 1.47. The van der Waals surface area contributed by atoms with Crippen LogP contribution in [0.3, 0.4) is 0 Å². The predicted molar refractivity (Wildman–Crippen MR) is 111 cm³/mol. The third-order valence-corrected chi connectivity index (χ3v) is 5.58. The summed E-state index contributed by atoms with van der Waals surface area (Å²) in [4.78, 5) is 39.2. The molecule has 4 rings (SSSR count). The molecule has 0 aliphatic carbocycles. The summed E-state index contributed by atoms with van der Waals surface area (Å²) < 4.78 is 44.5. The van der Waals surface area contributed by atoms with Crippen LogP contribution in [0.25, 0.3) is 0 Å². The van der Waals surface area contributed by atoms with Crippen LogP contribution < -0.4 is 15.8 Å². The van der Waals surface area contributed by atoms with E-state index in [0.717, 1.165) is 6.07 Å². The predicted octanol–water partition coefficient (Wildman–Crippen LogP) is 2.31. The molecule has 174 valence electrons. The maximum atomic E-state index is 14.8. The molecule has 2 N–H and O–H groups in total. The van der Waals surface area contributed by atoms with Crippen molar-refractivity contribution in [2.24, 2.45) is 5.41 Å². The molecule has 0 saturated carbocycles. The van der Waals surface area contributed by atoms with Crippen LogP contribution in [0, 0.1) is 11.2 Å². The number of carbonyl (C=O) groups is 3. The number of anilines is 1. The summed E-state index contributed by atoms with van der Waals surface area (Å²) >= 11 is 0. The summed E-state index contributed by atoms with van der Waals surface area (Å²) in [5.74, 6) is -3.40. The number of ether oxygens (including phenoxy) is 1. The van der Waals surface area contributed by atoms with Gasteiger partial charge in [-0.05, 0) is 24.3 Å². The van der Waals surface area contributed by atoms with E-state index in [0.29, 0.717) is 32.0 Å². The monoisotopic (exact) mass is 462 g/mol. The smallest absolute Gasteiger partial charge is 0.324 e. The third-order valence-electron chi connectivity index (χ3n) is 5.58. The molecule has 8 nitrogen and oxygen atoms in total. The van der Waals surface area contributed by atoms with E-state index in [-0.39, 0.29) is 29.1 Å². The number of hydrazine groups is 1. The summed E-state index contributed by atoms with van der Waals surface area (Å²) in [6.45, 7) is 2.30. The first-order valence-electron chi connectivity index (χ1n) is 10.1. The Morgan fingerprint density at radius 2 is 1.76 bits per heavy atom. The van der Waals surface area contributed by atoms with E-state index in [1.165, 1.54) is 17.0 Å². The van der Waals surface area contributed by atoms with Crippen LogP contribution in [0.2, 0.25) is 0 Å². The number of nitrogens with zero attached hydrogens (tertiary/aromatic N) is 2. The van der Waals surface area contributed by atoms with Gasteiger partial charge in [-0.3, -0.25) is 25.3 Å². The van der Waals surface area contributed by atoms with E-state index in [9.17, 15) is 27.6 Å². The minimum atomic E-state index is -3.30. The van der Waals surface area contributed by atoms with Gasteiger partial charge in [-0.25, -0.2) is 9.18 Å². The highest BCUT2D eigenvalue weighted by Gasteiger charge is 2.51. The van der Waals surface area contributed by atoms with Gasteiger partial charge in [0.1, 0.15) is 5.82 Å². The second-order valence-corrected chi connectivity index (χ2v) is 8.10. The van der Waals surface area contributed by atoms with Crippen LogP contribution in [-0.4, -0.2) is 55.5 Å². The van der Waals surface area contributed by atoms with Gasteiger partial charge in [0, 0.05) is 29.9 Å². The van der Waals surface area contributed by atoms with Crippen LogP contribution in [0.5, 0.6) is 0 Å². The van der Waals surface area contributed by atoms with Gasteiger partial charge in [0.25, 0.3) is 5.91 Å². The number of nitrogens with one attached hydrogen (secondary N) is 2. The van der Waals surface area contributed by atoms with Crippen molar-refractivity contribution in [3.05, 3.63) is 65.5 Å². The molecule has 0 bridgehead atoms. The molecule has 11 heteroatoms. The first-order chi connectivity index (χ1) is 15.8. The van der Waals surface area contributed by atoms with Crippen molar-refractivity contribution in [2.45, 2.75) is 13.0 Å². The van der Waals surface area contributed by atoms with Crippen LogP contribution >= 0.6 is 0 Å². The van der Waals surface area contributed by atoms with Gasteiger partial charge in [-0.1, -0.05) is 24.3 Å². The Bertz CT molecular complexity index is 1050. The van der Waals surface area contributed by atoms with Crippen LogP contribution in [0.1, 0.15) is 15.9 Å². The highest BCUT2D eigenvalue weighted by molar-refractivity contribution is 5.96. The number of hydrogen-bond acceptors (Lipinski definition) is 4. The van der Waals surface area contributed by atoms with E-state index in [2.05, 4.69) is 0 Å². The third kappa shape index (κ3) is 4.77. The lowest BCUT2D eigenvalue weighted by Gasteiger charge is -2.55. The lowest BCUT2D eigenvalue weighted by molar-refractivity contribution is -0.174. The number of para-hydroxylation sites is 1. The summed E-state index contributed by atoms with van der Waals surface area (Å²) in [6, 6.07) is 12.1. The largest absolute Gasteiger partial charge is 0.380 e. The van der Waals surface area contributed by atoms with Gasteiger partial charge >= 0.3 is 18.4 Å². The van der Waals surface area contributed by atoms with Gasteiger partial charge in [-0.15, -0.1) is 0 Å². The number of benzene rings is 2. The Labute approximate surface area is 187 Å². The van der Waals surface area contributed by atoms with Gasteiger partial charge < -0.3 is 9.64 Å². The van der Waals surface area contributed by atoms with E-state index in [4.69, 9.17) is 4.74 Å². The number of carbonyl (C=O) groups excluding carboxylic acids is 3. The molecule has 0 radical (unpaired) electrons. The molecule has 0 unspecified atom stereocenters. The minimum Gasteiger partial charge on any atom is -0.380 e. The van der Waals surface area contributed by atoms with Crippen molar-refractivity contribution < 1.29 is 32.3 Å². The first-order valence-corrected chi connectivity index (χ1v) is 10.1. The molecule has 2 aliphatic rings. The summed E-state index contributed by atoms with van der Waals surface area (Å²) in [5.41, 5.74) is 3.93. The highest BCUT2D eigenvalue weighted by Crippen LogP contribution is 2.38. The van der Waals surface area contributed by atoms with Crippen molar-refractivity contribution in [2.75, 3.05) is 31.2 Å². The fourth-order valence-electron chi connectivity index (χ4n) is 3.75. The molecular formula is C22H21F3N4O4. The number of amides is 4. The molecule has 2 aromatic rings. The number of urea groups is 1. The molecule has 2 aliphatic heterocycles. The zero-order valence-electron chi connectivity index (χ0n) is 17.4. The standard InChI is InChI=1S/C22H21F3N4O4/c23-17-8-14(19(30)26-27-20(31)18(24)25)6-7-15(17)9-29(16-4-2-1-3-5-16)21(32)28-10-22(11-28)12-33-13-22/h1-8,18H,9-13H2,(H,26,30)(H,27,31). The molecule has 2 fully saturated rings. The molecule has 4 amide bonds. The number of alkyl halides is 2. The number of hydrogen-bond donors (Lipinski definition) is 2. The molecule has 0 aromatic heterocycles. The van der Waals surface area contributed by atoms with Crippen molar-refractivity contribution in [3.8, 4) is 0 Å². The second kappa shape index (κ2) is 9.10. The normalized spacial score (nSPS) is 16.1. The van der Waals surface area contributed by atoms with Gasteiger partial charge in [0.15, 0.2) is 0 Å². The van der Waals surface area contributed by atoms with E-state index in [1.54, 1.807) is 46.1 Å². The average Bonchev–Trinajstić information content (AvgIpc) is 2.74. The van der Waals surface area contributed by atoms with Crippen LogP contribution in [0.4, 0.5) is 23.7 Å². The van der Waals surface area contributed by atoms with Crippen LogP contribution in [-0.2, 0) is 16.1 Å². The Hall–Kier alpha value is -3.60. The highest BCUT2D eigenvalue weighted by atomic mass is 19.3. The maximum absolute atomic E-state index is 14.8. The Kier molecular flexibility index (Phi) is 6.23. The number of halogens is 3. The minimum absolute atomic E-state index is 0.0258. The van der Waals surface area contributed by atoms with Crippen LogP contribution in [0.15, 0.2) is 48.5 Å². The quantitative estimate of drug-likeness (QED) is 0.668. The summed E-state index contributed by atoms with van der Waals surface area (Å²) in [6.07, 6.45) is -3.30. The van der Waals surface area contributed by atoms with Crippen molar-refractivity contribution >= 4 is 23.5 Å². The van der Waals surface area contributed by atoms with Gasteiger partial charge in [0.05, 0.1) is 25.2 Å².